The summed E-state index contributed by atoms with van der Waals surface area (Å²) in [4.78, 5) is 10.7. The Hall–Kier alpha value is -1.08. The Bertz CT molecular complexity index is 430. The van der Waals surface area contributed by atoms with Gasteiger partial charge in [-0.15, -0.1) is 10.2 Å². The van der Waals surface area contributed by atoms with E-state index in [4.69, 9.17) is 9.84 Å². The quantitative estimate of drug-likeness (QED) is 0.767. The first kappa shape index (κ1) is 14.3. The lowest BCUT2D eigenvalue weighted by molar-refractivity contribution is -0.133. The highest BCUT2D eigenvalue weighted by molar-refractivity contribution is 7.99. The molecular weight excluding hydrogens is 266 g/mol. The summed E-state index contributed by atoms with van der Waals surface area (Å²) < 4.78 is 7.66. The number of hydrogen-bond donors (Lipinski definition) is 1. The van der Waals surface area contributed by atoms with E-state index in [1.807, 2.05) is 4.57 Å². The number of carboxylic acid groups (broad SMARTS) is 1. The van der Waals surface area contributed by atoms with Crippen LogP contribution in [0.15, 0.2) is 5.16 Å². The maximum absolute atomic E-state index is 10.7. The van der Waals surface area contributed by atoms with Crippen molar-refractivity contribution in [1.82, 2.24) is 14.8 Å². The Balaban J connectivity index is 2.09. The van der Waals surface area contributed by atoms with Gasteiger partial charge in [0, 0.05) is 13.0 Å². The minimum atomic E-state index is -0.839. The van der Waals surface area contributed by atoms with Gasteiger partial charge in [-0.25, -0.2) is 0 Å². The van der Waals surface area contributed by atoms with E-state index in [1.54, 1.807) is 0 Å². The van der Waals surface area contributed by atoms with Crippen LogP contribution in [0.4, 0.5) is 0 Å². The van der Waals surface area contributed by atoms with Gasteiger partial charge in [-0.1, -0.05) is 18.7 Å². The molecule has 1 aromatic rings. The second kappa shape index (κ2) is 6.91. The number of carboxylic acids is 1. The van der Waals surface area contributed by atoms with Crippen molar-refractivity contribution in [3.05, 3.63) is 5.82 Å². The molecule has 0 bridgehead atoms. The molecule has 1 aliphatic heterocycles. The standard InChI is InChI=1S/C12H19N3O3S/c1-2-4-10-13-14-12(19-8-11(16)17)15(10)7-9-5-3-6-18-9/h9H,2-8H2,1H3,(H,16,17). The van der Waals surface area contributed by atoms with Gasteiger partial charge in [0.05, 0.1) is 18.4 Å². The van der Waals surface area contributed by atoms with Crippen LogP contribution in [0.1, 0.15) is 32.0 Å². The zero-order chi connectivity index (χ0) is 13.7. The summed E-state index contributed by atoms with van der Waals surface area (Å²) >= 11 is 1.22. The molecule has 2 heterocycles. The van der Waals surface area contributed by atoms with Gasteiger partial charge in [-0.05, 0) is 19.3 Å². The molecule has 0 amide bonds. The first-order valence-corrected chi connectivity index (χ1v) is 7.57. The van der Waals surface area contributed by atoms with Crippen LogP contribution in [0.5, 0.6) is 0 Å². The second-order valence-corrected chi connectivity index (χ2v) is 5.52. The molecule has 1 saturated heterocycles. The van der Waals surface area contributed by atoms with Crippen molar-refractivity contribution in [1.29, 1.82) is 0 Å². The Morgan fingerprint density at radius 2 is 2.42 bits per heavy atom. The first-order chi connectivity index (χ1) is 9.20. The Morgan fingerprint density at radius 3 is 3.05 bits per heavy atom. The number of nitrogens with zero attached hydrogens (tertiary/aromatic N) is 3. The van der Waals surface area contributed by atoms with Crippen LogP contribution >= 0.6 is 11.8 Å². The van der Waals surface area contributed by atoms with Crippen molar-refractivity contribution in [3.63, 3.8) is 0 Å². The van der Waals surface area contributed by atoms with Gasteiger partial charge in [0.1, 0.15) is 5.82 Å². The molecule has 0 aromatic carbocycles. The van der Waals surface area contributed by atoms with Crippen LogP contribution in [-0.2, 0) is 22.5 Å². The largest absolute Gasteiger partial charge is 0.481 e. The average molecular weight is 285 g/mol. The van der Waals surface area contributed by atoms with Gasteiger partial charge < -0.3 is 14.4 Å². The van der Waals surface area contributed by atoms with Gasteiger partial charge in [0.15, 0.2) is 5.16 Å². The molecule has 1 atom stereocenters. The van der Waals surface area contributed by atoms with Crippen molar-refractivity contribution in [3.8, 4) is 0 Å². The highest BCUT2D eigenvalue weighted by Crippen LogP contribution is 2.21. The smallest absolute Gasteiger partial charge is 0.313 e. The third kappa shape index (κ3) is 3.94. The number of ether oxygens (including phenoxy) is 1. The fraction of sp³-hybridized carbons (Fsp3) is 0.750. The number of thioether (sulfide) groups is 1. The van der Waals surface area contributed by atoms with Gasteiger partial charge in [-0.2, -0.15) is 0 Å². The summed E-state index contributed by atoms with van der Waals surface area (Å²) in [5.41, 5.74) is 0. The van der Waals surface area contributed by atoms with E-state index in [2.05, 4.69) is 17.1 Å². The highest BCUT2D eigenvalue weighted by Gasteiger charge is 2.21. The van der Waals surface area contributed by atoms with E-state index in [0.29, 0.717) is 5.16 Å². The molecule has 1 aliphatic rings. The second-order valence-electron chi connectivity index (χ2n) is 4.58. The third-order valence-electron chi connectivity index (χ3n) is 3.00. The van der Waals surface area contributed by atoms with Gasteiger partial charge in [0.2, 0.25) is 0 Å². The lowest BCUT2D eigenvalue weighted by Crippen LogP contribution is -2.18. The molecule has 1 unspecified atom stereocenters. The summed E-state index contributed by atoms with van der Waals surface area (Å²) in [5.74, 6) is 0.0927. The summed E-state index contributed by atoms with van der Waals surface area (Å²) in [6.45, 7) is 3.63. The van der Waals surface area contributed by atoms with Crippen LogP contribution in [0.2, 0.25) is 0 Å². The molecule has 7 heteroatoms. The molecule has 1 fully saturated rings. The summed E-state index contributed by atoms with van der Waals surface area (Å²) in [6, 6.07) is 0. The van der Waals surface area contributed by atoms with Crippen LogP contribution in [-0.4, -0.2) is 44.3 Å². The topological polar surface area (TPSA) is 77.2 Å². The number of rotatable bonds is 7. The summed E-state index contributed by atoms with van der Waals surface area (Å²) in [7, 11) is 0. The van der Waals surface area contributed by atoms with Gasteiger partial charge >= 0.3 is 5.97 Å². The SMILES string of the molecule is CCCc1nnc(SCC(=O)O)n1CC1CCCO1. The van der Waals surface area contributed by atoms with Crippen molar-refractivity contribution >= 4 is 17.7 Å². The van der Waals surface area contributed by atoms with Gasteiger partial charge in [0.25, 0.3) is 0 Å². The molecule has 1 aromatic heterocycles. The lowest BCUT2D eigenvalue weighted by atomic mass is 10.2. The van der Waals surface area contributed by atoms with Crippen LogP contribution in [0.3, 0.4) is 0 Å². The Morgan fingerprint density at radius 1 is 1.58 bits per heavy atom. The molecule has 6 nitrogen and oxygen atoms in total. The van der Waals surface area contributed by atoms with Crippen molar-refractivity contribution < 1.29 is 14.6 Å². The molecule has 0 saturated carbocycles. The maximum Gasteiger partial charge on any atom is 0.313 e. The number of carbonyl (C=O) groups is 1. The van der Waals surface area contributed by atoms with Crippen LogP contribution in [0.25, 0.3) is 0 Å². The van der Waals surface area contributed by atoms with Crippen molar-refractivity contribution in [2.75, 3.05) is 12.4 Å². The Kier molecular flexibility index (Phi) is 5.21. The number of aliphatic carboxylic acids is 1. The fourth-order valence-corrected chi connectivity index (χ4v) is 2.82. The zero-order valence-electron chi connectivity index (χ0n) is 11.0. The molecule has 0 aliphatic carbocycles. The minimum absolute atomic E-state index is 0.00970. The molecule has 0 radical (unpaired) electrons. The Labute approximate surface area is 116 Å². The third-order valence-corrected chi connectivity index (χ3v) is 3.95. The molecule has 1 N–H and O–H groups in total. The first-order valence-electron chi connectivity index (χ1n) is 6.59. The van der Waals surface area contributed by atoms with E-state index in [9.17, 15) is 4.79 Å². The number of hydrogen-bond acceptors (Lipinski definition) is 5. The molecule has 2 rings (SSSR count). The summed E-state index contributed by atoms with van der Waals surface area (Å²) in [6.07, 6.45) is 4.19. The lowest BCUT2D eigenvalue weighted by Gasteiger charge is -2.14. The fourth-order valence-electron chi connectivity index (χ4n) is 2.14. The predicted octanol–water partition coefficient (Wildman–Crippen LogP) is 1.59. The molecular formula is C12H19N3O3S. The summed E-state index contributed by atoms with van der Waals surface area (Å²) in [5, 5.41) is 17.7. The maximum atomic E-state index is 10.7. The highest BCUT2D eigenvalue weighted by atomic mass is 32.2. The number of aromatic nitrogens is 3. The van der Waals surface area contributed by atoms with Gasteiger partial charge in [-0.3, -0.25) is 4.79 Å². The normalized spacial score (nSPS) is 18.9. The van der Waals surface area contributed by atoms with Crippen LogP contribution in [0, 0.1) is 0 Å². The number of aryl methyl sites for hydroxylation is 1. The van der Waals surface area contributed by atoms with E-state index in [-0.39, 0.29) is 11.9 Å². The van der Waals surface area contributed by atoms with E-state index in [1.165, 1.54) is 11.8 Å². The van der Waals surface area contributed by atoms with E-state index < -0.39 is 5.97 Å². The monoisotopic (exact) mass is 285 g/mol. The minimum Gasteiger partial charge on any atom is -0.481 e. The average Bonchev–Trinajstić information content (AvgIpc) is 2.99. The van der Waals surface area contributed by atoms with Crippen LogP contribution < -0.4 is 0 Å². The predicted molar refractivity (Wildman–Crippen MR) is 71.4 cm³/mol. The van der Waals surface area contributed by atoms with Crippen molar-refractivity contribution in [2.45, 2.75) is 50.4 Å². The zero-order valence-corrected chi connectivity index (χ0v) is 11.9. The van der Waals surface area contributed by atoms with E-state index in [0.717, 1.165) is 44.7 Å². The molecule has 106 valence electrons. The molecule has 19 heavy (non-hydrogen) atoms. The van der Waals surface area contributed by atoms with E-state index >= 15 is 0 Å². The van der Waals surface area contributed by atoms with Crippen molar-refractivity contribution in [2.24, 2.45) is 0 Å². The molecule has 0 spiro atoms.